The molecule has 0 radical (unpaired) electrons. The summed E-state index contributed by atoms with van der Waals surface area (Å²) in [6.07, 6.45) is 29.9. The van der Waals surface area contributed by atoms with Crippen LogP contribution in [0.4, 0.5) is 0 Å². The molecule has 0 aromatic heterocycles. The first kappa shape index (κ1) is 40.6. The van der Waals surface area contributed by atoms with E-state index in [-0.39, 0.29) is 0 Å². The van der Waals surface area contributed by atoms with Crippen molar-refractivity contribution in [3.63, 3.8) is 0 Å². The van der Waals surface area contributed by atoms with E-state index in [9.17, 15) is 24.4 Å². The molecule has 39 heavy (non-hydrogen) atoms. The molecule has 0 rings (SSSR count). The summed E-state index contributed by atoms with van der Waals surface area (Å²) in [5.41, 5.74) is -0.865. The monoisotopic (exact) mass is 576 g/mol. The van der Waals surface area contributed by atoms with Gasteiger partial charge in [-0.3, -0.25) is 0 Å². The van der Waals surface area contributed by atoms with Crippen LogP contribution in [0.1, 0.15) is 149 Å². The summed E-state index contributed by atoms with van der Waals surface area (Å²) < 4.78 is 21.1. The van der Waals surface area contributed by atoms with Gasteiger partial charge in [-0.05, 0) is 32.1 Å². The molecule has 0 saturated carbocycles. The van der Waals surface area contributed by atoms with Crippen molar-refractivity contribution >= 4 is 7.68 Å². The third kappa shape index (κ3) is 31.9. The Balaban J connectivity index is 0. The van der Waals surface area contributed by atoms with Crippen molar-refractivity contribution < 1.29 is 28.9 Å². The lowest BCUT2D eigenvalue weighted by Crippen LogP contribution is -2.44. The van der Waals surface area contributed by atoms with Gasteiger partial charge in [0, 0.05) is 11.8 Å². The van der Waals surface area contributed by atoms with Crippen LogP contribution in [0.15, 0.2) is 12.2 Å². The predicted molar refractivity (Wildman–Crippen MR) is 166 cm³/mol. The van der Waals surface area contributed by atoms with Crippen molar-refractivity contribution in [2.24, 2.45) is 5.41 Å². The van der Waals surface area contributed by atoms with E-state index in [0.29, 0.717) is 12.6 Å². The average Bonchev–Trinajstić information content (AvgIpc) is 2.81. The number of unbranched alkanes of at least 4 members (excludes halogenated alkanes) is 16. The van der Waals surface area contributed by atoms with Gasteiger partial charge in [0.05, 0.1) is 33.8 Å². The molecule has 6 nitrogen and oxygen atoms in total. The quantitative estimate of drug-likeness (QED) is 0.0332. The standard InChI is InChI=1S/C26H52O3.C6H15NO2P/c1-4-5-6-7-8-9-10-11-12-13-14-15-16-17-18-19-20-21-22-23-24-25(2,3)26(27,28)29;1-7(2,3)5-4-6-10(8)9/h11-12,27-29H,4-10,13-24H2,1-3H3;4-6H2,1-3H3/q;+1. The molecular weight excluding hydrogens is 509 g/mol. The van der Waals surface area contributed by atoms with E-state index in [4.69, 9.17) is 0 Å². The van der Waals surface area contributed by atoms with E-state index in [1.165, 1.54) is 103 Å². The summed E-state index contributed by atoms with van der Waals surface area (Å²) in [5, 5.41) is 27.9. The number of hydrogen-bond donors (Lipinski definition) is 3. The Morgan fingerprint density at radius 3 is 1.36 bits per heavy atom. The van der Waals surface area contributed by atoms with Crippen molar-refractivity contribution in [1.29, 1.82) is 0 Å². The van der Waals surface area contributed by atoms with Gasteiger partial charge in [0.25, 0.3) is 5.97 Å². The topological polar surface area (TPSA) is 94.8 Å². The minimum absolute atomic E-state index is 0.324. The number of rotatable bonds is 25. The third-order valence-electron chi connectivity index (χ3n) is 7.39. The lowest BCUT2D eigenvalue weighted by molar-refractivity contribution is -0.870. The van der Waals surface area contributed by atoms with Crippen LogP contribution in [0, 0.1) is 5.41 Å². The van der Waals surface area contributed by atoms with E-state index >= 15 is 0 Å². The van der Waals surface area contributed by atoms with E-state index in [1.54, 1.807) is 13.8 Å². The minimum Gasteiger partial charge on any atom is -0.343 e. The van der Waals surface area contributed by atoms with Crippen LogP contribution in [0.25, 0.3) is 0 Å². The number of quaternary nitrogens is 1. The first-order chi connectivity index (χ1) is 18.2. The molecule has 0 unspecified atom stereocenters. The first-order valence-corrected chi connectivity index (χ1v) is 17.3. The molecule has 0 aliphatic heterocycles. The van der Waals surface area contributed by atoms with Gasteiger partial charge in [0.2, 0.25) is 0 Å². The highest BCUT2D eigenvalue weighted by molar-refractivity contribution is 7.30. The fourth-order valence-electron chi connectivity index (χ4n) is 4.36. The summed E-state index contributed by atoms with van der Waals surface area (Å²) >= 11 is 0. The van der Waals surface area contributed by atoms with Gasteiger partial charge in [0.15, 0.2) is 0 Å². The van der Waals surface area contributed by atoms with Gasteiger partial charge in [0.1, 0.15) is 0 Å². The molecular formula is C32H67NO5P+. The van der Waals surface area contributed by atoms with Gasteiger partial charge < -0.3 is 19.8 Å². The van der Waals surface area contributed by atoms with Gasteiger partial charge in [-0.15, -0.1) is 0 Å². The zero-order chi connectivity index (χ0) is 30.0. The third-order valence-corrected chi connectivity index (χ3v) is 8.07. The van der Waals surface area contributed by atoms with Crippen molar-refractivity contribution in [3.05, 3.63) is 12.2 Å². The van der Waals surface area contributed by atoms with Crippen LogP contribution in [0.2, 0.25) is 0 Å². The maximum absolute atomic E-state index is 10.1. The van der Waals surface area contributed by atoms with E-state index in [2.05, 4.69) is 40.2 Å². The first-order valence-electron chi connectivity index (χ1n) is 16.0. The van der Waals surface area contributed by atoms with Crippen molar-refractivity contribution in [2.45, 2.75) is 155 Å². The SMILES string of the molecule is CCCCCCCCC=CCCCCCCCCCCCCC(C)(C)C(O)(O)O.C[N+](C)(C)CCCP(=O)=O. The largest absolute Gasteiger partial charge is 0.343 e. The van der Waals surface area contributed by atoms with Crippen LogP contribution in [-0.2, 0) is 9.13 Å². The molecule has 234 valence electrons. The Bertz CT molecular complexity index is 625. The summed E-state index contributed by atoms with van der Waals surface area (Å²) in [6, 6.07) is 0. The van der Waals surface area contributed by atoms with Crippen LogP contribution in [0.3, 0.4) is 0 Å². The van der Waals surface area contributed by atoms with Gasteiger partial charge in [-0.1, -0.05) is 123 Å². The lowest BCUT2D eigenvalue weighted by atomic mass is 9.84. The summed E-state index contributed by atoms with van der Waals surface area (Å²) in [6.45, 7) is 6.58. The fourth-order valence-corrected chi connectivity index (χ4v) is 4.76. The van der Waals surface area contributed by atoms with E-state index in [1.807, 2.05) is 0 Å². The van der Waals surface area contributed by atoms with Crippen LogP contribution < -0.4 is 0 Å². The molecule has 0 aromatic carbocycles. The highest BCUT2D eigenvalue weighted by atomic mass is 31.1. The van der Waals surface area contributed by atoms with Crippen LogP contribution in [0.5, 0.6) is 0 Å². The lowest BCUT2D eigenvalue weighted by Gasteiger charge is -2.33. The zero-order valence-electron chi connectivity index (χ0n) is 26.8. The molecule has 0 aliphatic rings. The predicted octanol–water partition coefficient (Wildman–Crippen LogP) is 8.89. The van der Waals surface area contributed by atoms with Crippen LogP contribution >= 0.6 is 7.68 Å². The number of hydrogen-bond acceptors (Lipinski definition) is 5. The second kappa shape index (κ2) is 25.2. The van der Waals surface area contributed by atoms with Crippen molar-refractivity contribution in [1.82, 2.24) is 0 Å². The van der Waals surface area contributed by atoms with E-state index in [0.717, 1.165) is 30.3 Å². The molecule has 0 heterocycles. The van der Waals surface area contributed by atoms with Gasteiger partial charge in [-0.25, -0.2) is 9.13 Å². The smallest absolute Gasteiger partial charge is 0.315 e. The zero-order valence-corrected chi connectivity index (χ0v) is 27.7. The Morgan fingerprint density at radius 1 is 0.615 bits per heavy atom. The molecule has 0 fully saturated rings. The Hall–Kier alpha value is -0.520. The molecule has 7 heteroatoms. The highest BCUT2D eigenvalue weighted by Crippen LogP contribution is 2.32. The minimum atomic E-state index is -2.57. The van der Waals surface area contributed by atoms with Crippen molar-refractivity contribution in [2.75, 3.05) is 33.8 Å². The maximum Gasteiger partial charge on any atom is 0.315 e. The van der Waals surface area contributed by atoms with E-state index < -0.39 is 19.1 Å². The average molecular weight is 577 g/mol. The number of aliphatic hydroxyl groups is 3. The summed E-state index contributed by atoms with van der Waals surface area (Å²) in [7, 11) is 4.00. The van der Waals surface area contributed by atoms with Gasteiger partial charge >= 0.3 is 7.68 Å². The Labute approximate surface area is 243 Å². The second-order valence-electron chi connectivity index (χ2n) is 13.0. The molecule has 0 saturated heterocycles. The Morgan fingerprint density at radius 2 is 1.00 bits per heavy atom. The van der Waals surface area contributed by atoms with Crippen LogP contribution in [-0.4, -0.2) is 59.6 Å². The molecule has 0 amide bonds. The summed E-state index contributed by atoms with van der Waals surface area (Å²) in [5.74, 6) is -2.57. The Kier molecular flexibility index (Phi) is 26.3. The fraction of sp³-hybridized carbons (Fsp3) is 0.938. The summed E-state index contributed by atoms with van der Waals surface area (Å²) in [4.78, 5) is 0. The maximum atomic E-state index is 10.1. The molecule has 0 atom stereocenters. The normalized spacial score (nSPS) is 12.5. The number of allylic oxidation sites excluding steroid dienone is 2. The molecule has 3 N–H and O–H groups in total. The van der Waals surface area contributed by atoms with Crippen molar-refractivity contribution in [3.8, 4) is 0 Å². The molecule has 0 aliphatic carbocycles. The molecule has 0 bridgehead atoms. The second-order valence-corrected chi connectivity index (χ2v) is 14.2. The molecule has 0 spiro atoms. The number of nitrogens with zero attached hydrogens (tertiary/aromatic N) is 1. The van der Waals surface area contributed by atoms with Gasteiger partial charge in [-0.2, -0.15) is 0 Å². The molecule has 0 aromatic rings. The highest BCUT2D eigenvalue weighted by Gasteiger charge is 2.39.